The zero-order valence-electron chi connectivity index (χ0n) is 11.1. The Balaban J connectivity index is 2.03. The third kappa shape index (κ3) is 3.34. The molecular weight excluding hydrogens is 261 g/mol. The zero-order chi connectivity index (χ0) is 14.5. The summed E-state index contributed by atoms with van der Waals surface area (Å²) in [5.41, 5.74) is 0.230. The summed E-state index contributed by atoms with van der Waals surface area (Å²) in [6.07, 6.45) is 5.92. The zero-order valence-corrected chi connectivity index (χ0v) is 11.1. The van der Waals surface area contributed by atoms with Crippen LogP contribution in [0.2, 0.25) is 0 Å². The summed E-state index contributed by atoms with van der Waals surface area (Å²) in [5, 5.41) is 12.1. The molecule has 5 nitrogen and oxygen atoms in total. The molecule has 2 N–H and O–H groups in total. The summed E-state index contributed by atoms with van der Waals surface area (Å²) in [7, 11) is 0. The van der Waals surface area contributed by atoms with Gasteiger partial charge in [-0.2, -0.15) is 0 Å². The van der Waals surface area contributed by atoms with E-state index in [4.69, 9.17) is 0 Å². The molecule has 0 saturated heterocycles. The van der Waals surface area contributed by atoms with Gasteiger partial charge in [0.2, 0.25) is 0 Å². The fraction of sp³-hybridized carbons (Fsp3) is 0.286. The number of halogens is 1. The average molecular weight is 277 g/mol. The lowest BCUT2D eigenvalue weighted by molar-refractivity contribution is 0.0931. The Morgan fingerprint density at radius 3 is 2.95 bits per heavy atom. The summed E-state index contributed by atoms with van der Waals surface area (Å²) in [6.45, 7) is 2.57. The Kier molecular flexibility index (Phi) is 4.34. The first kappa shape index (κ1) is 14.0. The third-order valence-electron chi connectivity index (χ3n) is 3.03. The Bertz CT molecular complexity index is 584. The molecule has 0 fully saturated rings. The molecule has 1 unspecified atom stereocenters. The maximum Gasteiger partial charge on any atom is 0.251 e. The van der Waals surface area contributed by atoms with Crippen molar-refractivity contribution in [2.75, 3.05) is 0 Å². The first-order valence-electron chi connectivity index (χ1n) is 6.35. The van der Waals surface area contributed by atoms with Gasteiger partial charge in [0.15, 0.2) is 11.6 Å². The van der Waals surface area contributed by atoms with Crippen LogP contribution in [-0.2, 0) is 6.54 Å². The molecule has 0 aliphatic carbocycles. The molecule has 106 valence electrons. The quantitative estimate of drug-likeness (QED) is 0.877. The third-order valence-corrected chi connectivity index (χ3v) is 3.03. The predicted molar refractivity (Wildman–Crippen MR) is 71.8 cm³/mol. The molecule has 0 aliphatic rings. The maximum absolute atomic E-state index is 13.0. The first-order valence-corrected chi connectivity index (χ1v) is 6.35. The Morgan fingerprint density at radius 2 is 2.35 bits per heavy atom. The van der Waals surface area contributed by atoms with E-state index in [1.54, 1.807) is 12.5 Å². The van der Waals surface area contributed by atoms with Crippen LogP contribution in [0.1, 0.15) is 23.7 Å². The number of amides is 1. The van der Waals surface area contributed by atoms with E-state index in [0.717, 1.165) is 18.6 Å². The molecule has 2 rings (SSSR count). The van der Waals surface area contributed by atoms with Crippen LogP contribution in [0.4, 0.5) is 4.39 Å². The maximum atomic E-state index is 13.0. The van der Waals surface area contributed by atoms with Crippen molar-refractivity contribution < 1.29 is 14.3 Å². The largest absolute Gasteiger partial charge is 0.505 e. The van der Waals surface area contributed by atoms with Gasteiger partial charge in [-0.1, -0.05) is 6.92 Å². The van der Waals surface area contributed by atoms with E-state index in [1.165, 1.54) is 6.07 Å². The fourth-order valence-electron chi connectivity index (χ4n) is 1.85. The van der Waals surface area contributed by atoms with Crippen LogP contribution in [0.25, 0.3) is 0 Å². The van der Waals surface area contributed by atoms with Crippen molar-refractivity contribution >= 4 is 5.91 Å². The van der Waals surface area contributed by atoms with Crippen LogP contribution in [0.15, 0.2) is 36.9 Å². The van der Waals surface area contributed by atoms with E-state index in [-0.39, 0.29) is 17.5 Å². The Hall–Kier alpha value is -2.37. The van der Waals surface area contributed by atoms with Crippen LogP contribution in [-0.4, -0.2) is 26.6 Å². The lowest BCUT2D eigenvalue weighted by Crippen LogP contribution is -2.37. The Labute approximate surface area is 116 Å². The highest BCUT2D eigenvalue weighted by molar-refractivity contribution is 5.94. The van der Waals surface area contributed by atoms with Crippen LogP contribution in [0.3, 0.4) is 0 Å². The van der Waals surface area contributed by atoms with E-state index in [0.29, 0.717) is 6.54 Å². The normalized spacial score (nSPS) is 12.1. The molecule has 0 spiro atoms. The number of hydrogen-bond acceptors (Lipinski definition) is 3. The van der Waals surface area contributed by atoms with Gasteiger partial charge in [0, 0.05) is 30.5 Å². The molecular formula is C14H16FN3O2. The molecule has 2 aromatic rings. The SMILES string of the molecule is CCC(Cn1ccnc1)NC(=O)c1ccc(F)c(O)c1. The summed E-state index contributed by atoms with van der Waals surface area (Å²) in [4.78, 5) is 16.0. The van der Waals surface area contributed by atoms with Crippen LogP contribution in [0, 0.1) is 5.82 Å². The van der Waals surface area contributed by atoms with Gasteiger partial charge >= 0.3 is 0 Å². The molecule has 0 aliphatic heterocycles. The van der Waals surface area contributed by atoms with Crippen molar-refractivity contribution in [3.8, 4) is 5.75 Å². The number of carbonyl (C=O) groups excluding carboxylic acids is 1. The number of nitrogens with zero attached hydrogens (tertiary/aromatic N) is 2. The van der Waals surface area contributed by atoms with Gasteiger partial charge in [-0.25, -0.2) is 9.37 Å². The number of hydrogen-bond donors (Lipinski definition) is 2. The van der Waals surface area contributed by atoms with Crippen molar-refractivity contribution in [2.24, 2.45) is 0 Å². The second kappa shape index (κ2) is 6.18. The fourth-order valence-corrected chi connectivity index (χ4v) is 1.85. The van der Waals surface area contributed by atoms with Crippen molar-refractivity contribution in [2.45, 2.75) is 25.9 Å². The van der Waals surface area contributed by atoms with Gasteiger partial charge in [0.1, 0.15) is 0 Å². The van der Waals surface area contributed by atoms with Gasteiger partial charge in [-0.15, -0.1) is 0 Å². The van der Waals surface area contributed by atoms with Crippen LogP contribution in [0.5, 0.6) is 5.75 Å². The lowest BCUT2D eigenvalue weighted by Gasteiger charge is -2.17. The highest BCUT2D eigenvalue weighted by Crippen LogP contribution is 2.16. The number of aromatic hydroxyl groups is 1. The first-order chi connectivity index (χ1) is 9.60. The number of imidazole rings is 1. The molecule has 6 heteroatoms. The van der Waals surface area contributed by atoms with E-state index in [9.17, 15) is 14.3 Å². The monoisotopic (exact) mass is 277 g/mol. The predicted octanol–water partition coefficient (Wildman–Crippen LogP) is 1.94. The molecule has 0 saturated carbocycles. The van der Waals surface area contributed by atoms with E-state index in [1.807, 2.05) is 17.7 Å². The van der Waals surface area contributed by atoms with Gasteiger partial charge in [-0.3, -0.25) is 4.79 Å². The molecule has 0 bridgehead atoms. The van der Waals surface area contributed by atoms with Crippen molar-refractivity contribution in [3.63, 3.8) is 0 Å². The second-order valence-corrected chi connectivity index (χ2v) is 4.50. The summed E-state index contributed by atoms with van der Waals surface area (Å²) in [6, 6.07) is 3.47. The number of nitrogens with one attached hydrogen (secondary N) is 1. The lowest BCUT2D eigenvalue weighted by atomic mass is 10.1. The summed E-state index contributed by atoms with van der Waals surface area (Å²) < 4.78 is 14.8. The number of phenols is 1. The van der Waals surface area contributed by atoms with Gasteiger partial charge < -0.3 is 15.0 Å². The van der Waals surface area contributed by atoms with E-state index >= 15 is 0 Å². The number of phenolic OH excluding ortho intramolecular Hbond substituents is 1. The van der Waals surface area contributed by atoms with Gasteiger partial charge in [0.05, 0.1) is 6.33 Å². The van der Waals surface area contributed by atoms with E-state index < -0.39 is 11.6 Å². The molecule has 0 radical (unpaired) electrons. The topological polar surface area (TPSA) is 67.2 Å². The number of benzene rings is 1. The van der Waals surface area contributed by atoms with Crippen molar-refractivity contribution in [1.82, 2.24) is 14.9 Å². The second-order valence-electron chi connectivity index (χ2n) is 4.50. The highest BCUT2D eigenvalue weighted by Gasteiger charge is 2.14. The molecule has 1 atom stereocenters. The van der Waals surface area contributed by atoms with Gasteiger partial charge in [-0.05, 0) is 24.6 Å². The number of rotatable bonds is 5. The minimum atomic E-state index is -0.744. The smallest absolute Gasteiger partial charge is 0.251 e. The van der Waals surface area contributed by atoms with Gasteiger partial charge in [0.25, 0.3) is 5.91 Å². The van der Waals surface area contributed by atoms with Crippen LogP contribution >= 0.6 is 0 Å². The molecule has 1 heterocycles. The number of aromatic nitrogens is 2. The van der Waals surface area contributed by atoms with Crippen molar-refractivity contribution in [3.05, 3.63) is 48.3 Å². The summed E-state index contributed by atoms with van der Waals surface area (Å²) >= 11 is 0. The standard InChI is InChI=1S/C14H16FN3O2/c1-2-11(8-18-6-5-16-9-18)17-14(20)10-3-4-12(15)13(19)7-10/h3-7,9,11,19H,2,8H2,1H3,(H,17,20). The van der Waals surface area contributed by atoms with Crippen LogP contribution < -0.4 is 5.32 Å². The molecule has 1 aromatic carbocycles. The highest BCUT2D eigenvalue weighted by atomic mass is 19.1. The molecule has 20 heavy (non-hydrogen) atoms. The van der Waals surface area contributed by atoms with E-state index in [2.05, 4.69) is 10.3 Å². The molecule has 1 amide bonds. The molecule has 1 aromatic heterocycles. The summed E-state index contributed by atoms with van der Waals surface area (Å²) in [5.74, 6) is -1.61. The Morgan fingerprint density at radius 1 is 1.55 bits per heavy atom. The average Bonchev–Trinajstić information content (AvgIpc) is 2.93. The minimum absolute atomic E-state index is 0.0658. The van der Waals surface area contributed by atoms with Crippen molar-refractivity contribution in [1.29, 1.82) is 0 Å². The number of carbonyl (C=O) groups is 1. The minimum Gasteiger partial charge on any atom is -0.505 e.